The van der Waals surface area contributed by atoms with Crippen molar-refractivity contribution in [2.75, 3.05) is 18.5 Å². The number of para-hydroxylation sites is 1. The lowest BCUT2D eigenvalue weighted by Crippen LogP contribution is -2.32. The molecule has 3 nitrogen and oxygen atoms in total. The Hall–Kier alpha value is -1.99. The van der Waals surface area contributed by atoms with Crippen molar-refractivity contribution in [3.05, 3.63) is 59.1 Å². The third kappa shape index (κ3) is 5.58. The summed E-state index contributed by atoms with van der Waals surface area (Å²) in [5, 5.41) is 6.26. The lowest BCUT2D eigenvalue weighted by atomic mass is 10.2. The van der Waals surface area contributed by atoms with E-state index in [9.17, 15) is 13.2 Å². The number of anilines is 1. The highest BCUT2D eigenvalue weighted by Gasteiger charge is 2.30. The SMILES string of the molecule is FC(F)(F)c1cccc(NC(=S)NCCOc2ccccc2Cl)c1. The first-order valence-electron chi connectivity index (χ1n) is 6.96. The molecule has 0 bridgehead atoms. The quantitative estimate of drug-likeness (QED) is 0.586. The predicted molar refractivity (Wildman–Crippen MR) is 92.6 cm³/mol. The van der Waals surface area contributed by atoms with Crippen molar-refractivity contribution >= 4 is 34.6 Å². The van der Waals surface area contributed by atoms with Crippen molar-refractivity contribution in [3.63, 3.8) is 0 Å². The molecule has 0 saturated heterocycles. The van der Waals surface area contributed by atoms with E-state index in [0.29, 0.717) is 23.9 Å². The molecule has 2 N–H and O–H groups in total. The zero-order valence-electron chi connectivity index (χ0n) is 12.4. The van der Waals surface area contributed by atoms with Gasteiger partial charge in [0.1, 0.15) is 12.4 Å². The predicted octanol–water partition coefficient (Wildman–Crippen LogP) is 4.72. The maximum Gasteiger partial charge on any atom is 0.416 e. The molecular weight excluding hydrogens is 361 g/mol. The number of thiocarbonyl (C=S) groups is 1. The largest absolute Gasteiger partial charge is 0.490 e. The molecule has 0 aliphatic carbocycles. The Bertz CT molecular complexity index is 710. The Labute approximate surface area is 147 Å². The number of benzene rings is 2. The van der Waals surface area contributed by atoms with Crippen LogP contribution in [-0.4, -0.2) is 18.3 Å². The molecule has 0 spiro atoms. The van der Waals surface area contributed by atoms with Crippen LogP contribution >= 0.6 is 23.8 Å². The maximum absolute atomic E-state index is 12.6. The van der Waals surface area contributed by atoms with Gasteiger partial charge in [-0.25, -0.2) is 0 Å². The fourth-order valence-corrected chi connectivity index (χ4v) is 2.25. The van der Waals surface area contributed by atoms with E-state index in [0.717, 1.165) is 12.1 Å². The lowest BCUT2D eigenvalue weighted by Gasteiger charge is -2.13. The average Bonchev–Trinajstić information content (AvgIpc) is 2.52. The molecule has 128 valence electrons. The highest BCUT2D eigenvalue weighted by atomic mass is 35.5. The molecule has 0 radical (unpaired) electrons. The Morgan fingerprint density at radius 1 is 1.12 bits per heavy atom. The first kappa shape index (κ1) is 18.4. The average molecular weight is 375 g/mol. The van der Waals surface area contributed by atoms with Crippen LogP contribution in [0.4, 0.5) is 18.9 Å². The molecule has 0 aliphatic rings. The Morgan fingerprint density at radius 3 is 2.58 bits per heavy atom. The monoisotopic (exact) mass is 374 g/mol. The highest BCUT2D eigenvalue weighted by Crippen LogP contribution is 2.30. The second-order valence-electron chi connectivity index (χ2n) is 4.74. The Morgan fingerprint density at radius 2 is 1.88 bits per heavy atom. The van der Waals surface area contributed by atoms with Gasteiger partial charge in [0.25, 0.3) is 0 Å². The van der Waals surface area contributed by atoms with Crippen LogP contribution in [0.25, 0.3) is 0 Å². The fraction of sp³-hybridized carbons (Fsp3) is 0.188. The molecule has 2 rings (SSSR count). The standard InChI is InChI=1S/C16H14ClF3N2OS/c17-13-6-1-2-7-14(13)23-9-8-21-15(24)22-12-5-3-4-11(10-12)16(18,19)20/h1-7,10H,8-9H2,(H2,21,22,24). The van der Waals surface area contributed by atoms with Crippen LogP contribution in [0.1, 0.15) is 5.56 Å². The zero-order chi connectivity index (χ0) is 17.6. The van der Waals surface area contributed by atoms with E-state index >= 15 is 0 Å². The van der Waals surface area contributed by atoms with Crippen LogP contribution in [0.5, 0.6) is 5.75 Å². The number of hydrogen-bond acceptors (Lipinski definition) is 2. The van der Waals surface area contributed by atoms with Crippen LogP contribution in [-0.2, 0) is 6.18 Å². The molecule has 24 heavy (non-hydrogen) atoms. The minimum Gasteiger partial charge on any atom is -0.490 e. The third-order valence-electron chi connectivity index (χ3n) is 2.93. The number of rotatable bonds is 5. The molecule has 0 unspecified atom stereocenters. The second-order valence-corrected chi connectivity index (χ2v) is 5.55. The first-order valence-corrected chi connectivity index (χ1v) is 7.74. The molecule has 0 aliphatic heterocycles. The van der Waals surface area contributed by atoms with Crippen LogP contribution in [0.3, 0.4) is 0 Å². The summed E-state index contributed by atoms with van der Waals surface area (Å²) in [6, 6.07) is 11.9. The smallest absolute Gasteiger partial charge is 0.416 e. The molecule has 8 heteroatoms. The van der Waals surface area contributed by atoms with Gasteiger partial charge in [-0.05, 0) is 42.5 Å². The first-order chi connectivity index (χ1) is 11.4. The van der Waals surface area contributed by atoms with Gasteiger partial charge in [0, 0.05) is 5.69 Å². The Kier molecular flexibility index (Phi) is 6.28. The molecule has 0 saturated carbocycles. The van der Waals surface area contributed by atoms with Gasteiger partial charge in [-0.1, -0.05) is 29.8 Å². The van der Waals surface area contributed by atoms with E-state index < -0.39 is 11.7 Å². The summed E-state index contributed by atoms with van der Waals surface area (Å²) in [6.45, 7) is 0.671. The summed E-state index contributed by atoms with van der Waals surface area (Å²) >= 11 is 11.0. The molecule has 0 heterocycles. The molecule has 2 aromatic rings. The van der Waals surface area contributed by atoms with E-state index in [1.807, 2.05) is 0 Å². The highest BCUT2D eigenvalue weighted by molar-refractivity contribution is 7.80. The van der Waals surface area contributed by atoms with Gasteiger partial charge in [-0.15, -0.1) is 0 Å². The number of ether oxygens (including phenoxy) is 1. The zero-order valence-corrected chi connectivity index (χ0v) is 13.9. The van der Waals surface area contributed by atoms with Crippen molar-refractivity contribution in [1.82, 2.24) is 5.32 Å². The van der Waals surface area contributed by atoms with Gasteiger partial charge in [-0.2, -0.15) is 13.2 Å². The third-order valence-corrected chi connectivity index (χ3v) is 3.49. The summed E-state index contributed by atoms with van der Waals surface area (Å²) in [4.78, 5) is 0. The lowest BCUT2D eigenvalue weighted by molar-refractivity contribution is -0.137. The summed E-state index contributed by atoms with van der Waals surface area (Å²) < 4.78 is 43.4. The van der Waals surface area contributed by atoms with Gasteiger partial charge in [0.15, 0.2) is 5.11 Å². The summed E-state index contributed by atoms with van der Waals surface area (Å²) in [5.41, 5.74) is -0.480. The molecule has 0 atom stereocenters. The van der Waals surface area contributed by atoms with E-state index in [2.05, 4.69) is 10.6 Å². The second kappa shape index (κ2) is 8.21. The minimum absolute atomic E-state index is 0.206. The number of hydrogen-bond donors (Lipinski definition) is 2. The van der Waals surface area contributed by atoms with Crippen LogP contribution in [0, 0.1) is 0 Å². The molecule has 0 fully saturated rings. The van der Waals surface area contributed by atoms with Crippen LogP contribution < -0.4 is 15.4 Å². The molecular formula is C16H14ClF3N2OS. The van der Waals surface area contributed by atoms with E-state index in [4.69, 9.17) is 28.6 Å². The Balaban J connectivity index is 1.79. The van der Waals surface area contributed by atoms with Crippen LogP contribution in [0.2, 0.25) is 5.02 Å². The van der Waals surface area contributed by atoms with Gasteiger partial charge in [-0.3, -0.25) is 0 Å². The van der Waals surface area contributed by atoms with Crippen molar-refractivity contribution in [1.29, 1.82) is 0 Å². The summed E-state index contributed by atoms with van der Waals surface area (Å²) in [6.07, 6.45) is -4.39. The van der Waals surface area contributed by atoms with Crippen molar-refractivity contribution < 1.29 is 17.9 Å². The summed E-state index contributed by atoms with van der Waals surface area (Å²) in [5.74, 6) is 0.553. The van der Waals surface area contributed by atoms with E-state index in [-0.39, 0.29) is 10.8 Å². The molecule has 0 aromatic heterocycles. The van der Waals surface area contributed by atoms with Crippen molar-refractivity contribution in [3.8, 4) is 5.75 Å². The van der Waals surface area contributed by atoms with Gasteiger partial charge in [0.2, 0.25) is 0 Å². The number of halogens is 4. The maximum atomic E-state index is 12.6. The number of nitrogens with one attached hydrogen (secondary N) is 2. The van der Waals surface area contributed by atoms with Crippen molar-refractivity contribution in [2.45, 2.75) is 6.18 Å². The topological polar surface area (TPSA) is 33.3 Å². The summed E-state index contributed by atoms with van der Waals surface area (Å²) in [7, 11) is 0. The van der Waals surface area contributed by atoms with E-state index in [1.165, 1.54) is 12.1 Å². The van der Waals surface area contributed by atoms with Gasteiger partial charge >= 0.3 is 6.18 Å². The van der Waals surface area contributed by atoms with Crippen molar-refractivity contribution in [2.24, 2.45) is 0 Å². The molecule has 2 aromatic carbocycles. The fourth-order valence-electron chi connectivity index (χ4n) is 1.84. The molecule has 0 amide bonds. The van der Waals surface area contributed by atoms with E-state index in [1.54, 1.807) is 24.3 Å². The normalized spacial score (nSPS) is 11.0. The van der Waals surface area contributed by atoms with Gasteiger partial charge in [0.05, 0.1) is 17.1 Å². The minimum atomic E-state index is -4.39. The van der Waals surface area contributed by atoms with Gasteiger partial charge < -0.3 is 15.4 Å². The number of alkyl halides is 3. The van der Waals surface area contributed by atoms with Crippen LogP contribution in [0.15, 0.2) is 48.5 Å².